The topological polar surface area (TPSA) is 47.4 Å². The van der Waals surface area contributed by atoms with E-state index in [4.69, 9.17) is 4.74 Å². The normalized spacial score (nSPS) is 17.5. The van der Waals surface area contributed by atoms with Crippen LogP contribution in [0.4, 0.5) is 0 Å². The van der Waals surface area contributed by atoms with Crippen LogP contribution in [-0.4, -0.2) is 39.6 Å². The molecule has 1 aliphatic rings. The van der Waals surface area contributed by atoms with E-state index >= 15 is 0 Å². The summed E-state index contributed by atoms with van der Waals surface area (Å²) in [4.78, 5) is 18.3. The molecule has 5 heteroatoms. The fraction of sp³-hybridized carbons (Fsp3) is 0.667. The van der Waals surface area contributed by atoms with Gasteiger partial charge < -0.3 is 9.30 Å². The Balaban J connectivity index is 2.05. The Morgan fingerprint density at radius 2 is 2.35 bits per heavy atom. The number of nitrogens with zero attached hydrogens (tertiary/aromatic N) is 3. The van der Waals surface area contributed by atoms with Crippen molar-refractivity contribution >= 4 is 5.97 Å². The molecule has 1 atom stereocenters. The Bertz CT molecular complexity index is 389. The molecule has 0 saturated carbocycles. The summed E-state index contributed by atoms with van der Waals surface area (Å²) < 4.78 is 7.24. The summed E-state index contributed by atoms with van der Waals surface area (Å²) in [7, 11) is 0. The van der Waals surface area contributed by atoms with Crippen molar-refractivity contribution in [2.24, 2.45) is 0 Å². The van der Waals surface area contributed by atoms with Crippen molar-refractivity contribution in [1.82, 2.24) is 14.5 Å². The Labute approximate surface area is 101 Å². The molecule has 0 aromatic carbocycles. The summed E-state index contributed by atoms with van der Waals surface area (Å²) in [5.41, 5.74) is 0. The quantitative estimate of drug-likeness (QED) is 0.734. The molecular weight excluding hydrogens is 218 g/mol. The second kappa shape index (κ2) is 5.31. The maximum Gasteiger partial charge on any atom is 0.323 e. The van der Waals surface area contributed by atoms with E-state index in [0.717, 1.165) is 31.9 Å². The highest BCUT2D eigenvalue weighted by Crippen LogP contribution is 2.16. The molecule has 0 radical (unpaired) electrons. The first-order chi connectivity index (χ1) is 8.26. The maximum atomic E-state index is 11.8. The summed E-state index contributed by atoms with van der Waals surface area (Å²) in [5, 5.41) is 0. The van der Waals surface area contributed by atoms with Gasteiger partial charge in [0.15, 0.2) is 0 Å². The smallest absolute Gasteiger partial charge is 0.323 e. The largest absolute Gasteiger partial charge is 0.465 e. The number of fused-ring (bicyclic) bond motifs is 1. The van der Waals surface area contributed by atoms with E-state index in [1.165, 1.54) is 0 Å². The minimum Gasteiger partial charge on any atom is -0.465 e. The number of carbonyl (C=O) groups excluding carboxylic acids is 1. The van der Waals surface area contributed by atoms with Gasteiger partial charge in [0.25, 0.3) is 0 Å². The molecule has 1 unspecified atom stereocenters. The van der Waals surface area contributed by atoms with Crippen molar-refractivity contribution in [3.63, 3.8) is 0 Å². The van der Waals surface area contributed by atoms with E-state index in [0.29, 0.717) is 6.61 Å². The monoisotopic (exact) mass is 237 g/mol. The number of hydrogen-bond acceptors (Lipinski definition) is 4. The number of aromatic nitrogens is 2. The van der Waals surface area contributed by atoms with E-state index in [-0.39, 0.29) is 12.0 Å². The standard InChI is InChI=1S/C12H19N3O2/c1-3-10(12(16)17-4-2)15-8-7-14-6-5-13-11(14)9-15/h5-6,10H,3-4,7-9H2,1-2H3. The van der Waals surface area contributed by atoms with Gasteiger partial charge in [0.05, 0.1) is 13.2 Å². The van der Waals surface area contributed by atoms with E-state index in [1.54, 1.807) is 0 Å². The van der Waals surface area contributed by atoms with Crippen molar-refractivity contribution in [2.75, 3.05) is 13.2 Å². The molecule has 0 fully saturated rings. The van der Waals surface area contributed by atoms with Crippen molar-refractivity contribution < 1.29 is 9.53 Å². The van der Waals surface area contributed by atoms with Crippen LogP contribution in [0, 0.1) is 0 Å². The fourth-order valence-electron chi connectivity index (χ4n) is 2.27. The van der Waals surface area contributed by atoms with Crippen LogP contribution in [0.2, 0.25) is 0 Å². The number of hydrogen-bond donors (Lipinski definition) is 0. The molecule has 0 spiro atoms. The zero-order valence-electron chi connectivity index (χ0n) is 10.4. The molecule has 0 aliphatic carbocycles. The number of ether oxygens (including phenoxy) is 1. The van der Waals surface area contributed by atoms with Gasteiger partial charge in [-0.1, -0.05) is 6.92 Å². The van der Waals surface area contributed by atoms with Crippen LogP contribution in [0.25, 0.3) is 0 Å². The van der Waals surface area contributed by atoms with Crippen LogP contribution >= 0.6 is 0 Å². The molecular formula is C12H19N3O2. The first-order valence-electron chi connectivity index (χ1n) is 6.17. The molecule has 2 heterocycles. The maximum absolute atomic E-state index is 11.8. The highest BCUT2D eigenvalue weighted by atomic mass is 16.5. The molecule has 0 saturated heterocycles. The lowest BCUT2D eigenvalue weighted by Gasteiger charge is -2.32. The third kappa shape index (κ3) is 2.49. The molecule has 0 N–H and O–H groups in total. The van der Waals surface area contributed by atoms with E-state index in [1.807, 2.05) is 26.2 Å². The van der Waals surface area contributed by atoms with Crippen LogP contribution in [0.3, 0.4) is 0 Å². The zero-order valence-corrected chi connectivity index (χ0v) is 10.4. The van der Waals surface area contributed by atoms with Crippen LogP contribution in [0.5, 0.6) is 0 Å². The number of rotatable bonds is 4. The lowest BCUT2D eigenvalue weighted by molar-refractivity contribution is -0.150. The lowest BCUT2D eigenvalue weighted by atomic mass is 10.1. The van der Waals surface area contributed by atoms with Gasteiger partial charge >= 0.3 is 5.97 Å². The molecule has 2 rings (SSSR count). The van der Waals surface area contributed by atoms with Crippen molar-refractivity contribution in [1.29, 1.82) is 0 Å². The van der Waals surface area contributed by atoms with E-state index in [9.17, 15) is 4.79 Å². The van der Waals surface area contributed by atoms with Crippen LogP contribution in [0.15, 0.2) is 12.4 Å². The summed E-state index contributed by atoms with van der Waals surface area (Å²) in [6, 6.07) is -0.139. The zero-order chi connectivity index (χ0) is 12.3. The molecule has 1 aromatic heterocycles. The minimum atomic E-state index is -0.139. The summed E-state index contributed by atoms with van der Waals surface area (Å²) in [6.45, 7) is 6.80. The third-order valence-electron chi connectivity index (χ3n) is 3.16. The lowest BCUT2D eigenvalue weighted by Crippen LogP contribution is -2.45. The van der Waals surface area contributed by atoms with Gasteiger partial charge in [-0.3, -0.25) is 9.69 Å². The van der Waals surface area contributed by atoms with Crippen LogP contribution in [-0.2, 0) is 22.6 Å². The average molecular weight is 237 g/mol. The SMILES string of the molecule is CCOC(=O)C(CC)N1CCn2ccnc2C1. The minimum absolute atomic E-state index is 0.116. The highest BCUT2D eigenvalue weighted by molar-refractivity contribution is 5.75. The number of esters is 1. The van der Waals surface area contributed by atoms with Crippen LogP contribution in [0.1, 0.15) is 26.1 Å². The first-order valence-corrected chi connectivity index (χ1v) is 6.17. The fourth-order valence-corrected chi connectivity index (χ4v) is 2.27. The van der Waals surface area contributed by atoms with Crippen molar-refractivity contribution in [2.45, 2.75) is 39.4 Å². The molecule has 0 amide bonds. The Kier molecular flexibility index (Phi) is 3.78. The summed E-state index contributed by atoms with van der Waals surface area (Å²) >= 11 is 0. The Morgan fingerprint density at radius 1 is 1.53 bits per heavy atom. The van der Waals surface area contributed by atoms with Gasteiger partial charge in [0.2, 0.25) is 0 Å². The molecule has 1 aromatic rings. The van der Waals surface area contributed by atoms with E-state index < -0.39 is 0 Å². The number of carbonyl (C=O) groups is 1. The molecule has 0 bridgehead atoms. The summed E-state index contributed by atoms with van der Waals surface area (Å²) in [5.74, 6) is 0.911. The van der Waals surface area contributed by atoms with Gasteiger partial charge in [0.1, 0.15) is 11.9 Å². The van der Waals surface area contributed by atoms with Gasteiger partial charge in [-0.2, -0.15) is 0 Å². The van der Waals surface area contributed by atoms with Gasteiger partial charge in [-0.25, -0.2) is 4.98 Å². The molecule has 17 heavy (non-hydrogen) atoms. The predicted octanol–water partition coefficient (Wildman–Crippen LogP) is 1.04. The second-order valence-corrected chi connectivity index (χ2v) is 4.18. The van der Waals surface area contributed by atoms with E-state index in [2.05, 4.69) is 14.5 Å². The molecule has 1 aliphatic heterocycles. The molecule has 94 valence electrons. The molecule has 5 nitrogen and oxygen atoms in total. The highest BCUT2D eigenvalue weighted by Gasteiger charge is 2.28. The number of imidazole rings is 1. The third-order valence-corrected chi connectivity index (χ3v) is 3.16. The van der Waals surface area contributed by atoms with Crippen LogP contribution < -0.4 is 0 Å². The Morgan fingerprint density at radius 3 is 3.06 bits per heavy atom. The van der Waals surface area contributed by atoms with Gasteiger partial charge in [-0.05, 0) is 13.3 Å². The van der Waals surface area contributed by atoms with Gasteiger partial charge in [-0.15, -0.1) is 0 Å². The first kappa shape index (κ1) is 12.1. The van der Waals surface area contributed by atoms with Crippen molar-refractivity contribution in [3.8, 4) is 0 Å². The van der Waals surface area contributed by atoms with Gasteiger partial charge in [0, 0.05) is 25.5 Å². The second-order valence-electron chi connectivity index (χ2n) is 4.18. The predicted molar refractivity (Wildman–Crippen MR) is 63.3 cm³/mol. The summed E-state index contributed by atoms with van der Waals surface area (Å²) in [6.07, 6.45) is 4.57. The van der Waals surface area contributed by atoms with Crippen molar-refractivity contribution in [3.05, 3.63) is 18.2 Å². The average Bonchev–Trinajstić information content (AvgIpc) is 2.77. The Hall–Kier alpha value is -1.36.